The van der Waals surface area contributed by atoms with Crippen LogP contribution in [-0.2, 0) is 6.61 Å². The second-order valence-corrected chi connectivity index (χ2v) is 4.74. The van der Waals surface area contributed by atoms with E-state index in [-0.39, 0.29) is 12.4 Å². The van der Waals surface area contributed by atoms with Gasteiger partial charge < -0.3 is 10.0 Å². The first-order valence-electron chi connectivity index (χ1n) is 6.68. The van der Waals surface area contributed by atoms with Crippen molar-refractivity contribution in [3.05, 3.63) is 53.0 Å². The summed E-state index contributed by atoms with van der Waals surface area (Å²) >= 11 is 0. The molecule has 0 aliphatic rings. The number of benzene rings is 1. The average Bonchev–Trinajstić information content (AvgIpc) is 2.41. The van der Waals surface area contributed by atoms with Crippen molar-refractivity contribution < 1.29 is 9.50 Å². The van der Waals surface area contributed by atoms with Gasteiger partial charge in [-0.3, -0.25) is 0 Å². The van der Waals surface area contributed by atoms with Gasteiger partial charge in [-0.2, -0.15) is 0 Å². The van der Waals surface area contributed by atoms with Crippen molar-refractivity contribution in [3.8, 4) is 0 Å². The molecule has 2 aromatic rings. The van der Waals surface area contributed by atoms with Crippen LogP contribution in [0.4, 0.5) is 15.9 Å². The standard InChI is InChI=1S/C16H19FN2O/c1-4-19(15-8-6-5-7-14(15)17)16-13(10-20)11(2)9-12(3)18-16/h5-9,20H,4,10H2,1-3H3. The molecule has 0 aliphatic heterocycles. The first kappa shape index (κ1) is 14.5. The molecule has 0 amide bonds. The molecule has 2 rings (SSSR count). The molecular weight excluding hydrogens is 255 g/mol. The molecule has 0 radical (unpaired) electrons. The Bertz CT molecular complexity index is 613. The van der Waals surface area contributed by atoms with E-state index in [1.54, 1.807) is 23.1 Å². The van der Waals surface area contributed by atoms with E-state index in [1.807, 2.05) is 26.8 Å². The van der Waals surface area contributed by atoms with Crippen LogP contribution in [0.25, 0.3) is 0 Å². The van der Waals surface area contributed by atoms with Gasteiger partial charge in [0.25, 0.3) is 0 Å². The molecule has 3 nitrogen and oxygen atoms in total. The summed E-state index contributed by atoms with van der Waals surface area (Å²) in [5.74, 6) is 0.330. The SMILES string of the molecule is CCN(c1ccccc1F)c1nc(C)cc(C)c1CO. The predicted octanol–water partition coefficient (Wildman–Crippen LogP) is 3.49. The van der Waals surface area contributed by atoms with Crippen molar-refractivity contribution in [1.29, 1.82) is 0 Å². The van der Waals surface area contributed by atoms with Crippen molar-refractivity contribution in [1.82, 2.24) is 4.98 Å². The Labute approximate surface area is 118 Å². The van der Waals surface area contributed by atoms with Gasteiger partial charge in [-0.1, -0.05) is 12.1 Å². The van der Waals surface area contributed by atoms with Gasteiger partial charge in [-0.05, 0) is 44.5 Å². The zero-order valence-corrected chi connectivity index (χ0v) is 12.0. The fourth-order valence-electron chi connectivity index (χ4n) is 2.37. The second kappa shape index (κ2) is 6.01. The van der Waals surface area contributed by atoms with Gasteiger partial charge in [-0.25, -0.2) is 9.37 Å². The number of para-hydroxylation sites is 1. The van der Waals surface area contributed by atoms with E-state index in [1.165, 1.54) is 6.07 Å². The molecule has 0 unspecified atom stereocenters. The number of aryl methyl sites for hydroxylation is 2. The molecule has 0 fully saturated rings. The third-order valence-electron chi connectivity index (χ3n) is 3.33. The molecule has 106 valence electrons. The normalized spacial score (nSPS) is 10.7. The van der Waals surface area contributed by atoms with E-state index in [0.717, 1.165) is 16.8 Å². The highest BCUT2D eigenvalue weighted by atomic mass is 19.1. The van der Waals surface area contributed by atoms with Gasteiger partial charge in [0.05, 0.1) is 12.3 Å². The minimum absolute atomic E-state index is 0.112. The average molecular weight is 274 g/mol. The number of anilines is 2. The van der Waals surface area contributed by atoms with Crippen LogP contribution in [0, 0.1) is 19.7 Å². The highest BCUT2D eigenvalue weighted by molar-refractivity contribution is 5.64. The number of aliphatic hydroxyl groups excluding tert-OH is 1. The molecule has 20 heavy (non-hydrogen) atoms. The van der Waals surface area contributed by atoms with Gasteiger partial charge in [0, 0.05) is 17.8 Å². The Morgan fingerprint density at radius 3 is 2.55 bits per heavy atom. The highest BCUT2D eigenvalue weighted by Crippen LogP contribution is 2.30. The van der Waals surface area contributed by atoms with Gasteiger partial charge in [0.2, 0.25) is 0 Å². The Kier molecular flexibility index (Phi) is 4.35. The zero-order valence-electron chi connectivity index (χ0n) is 12.0. The predicted molar refractivity (Wildman–Crippen MR) is 78.7 cm³/mol. The maximum absolute atomic E-state index is 14.0. The Balaban J connectivity index is 2.61. The molecule has 1 heterocycles. The molecule has 1 aromatic carbocycles. The number of nitrogens with zero attached hydrogens (tertiary/aromatic N) is 2. The minimum atomic E-state index is -0.292. The van der Waals surface area contributed by atoms with Crippen molar-refractivity contribution in [2.75, 3.05) is 11.4 Å². The smallest absolute Gasteiger partial charge is 0.146 e. The fourth-order valence-corrected chi connectivity index (χ4v) is 2.37. The molecule has 0 aliphatic carbocycles. The van der Waals surface area contributed by atoms with Crippen LogP contribution >= 0.6 is 0 Å². The molecule has 1 aromatic heterocycles. The summed E-state index contributed by atoms with van der Waals surface area (Å²) in [6.45, 7) is 6.22. The summed E-state index contributed by atoms with van der Waals surface area (Å²) in [4.78, 5) is 6.29. The quantitative estimate of drug-likeness (QED) is 0.927. The number of hydrogen-bond acceptors (Lipinski definition) is 3. The second-order valence-electron chi connectivity index (χ2n) is 4.74. The van der Waals surface area contributed by atoms with E-state index in [2.05, 4.69) is 4.98 Å². The molecule has 0 spiro atoms. The van der Waals surface area contributed by atoms with Crippen LogP contribution in [0.3, 0.4) is 0 Å². The third-order valence-corrected chi connectivity index (χ3v) is 3.33. The number of pyridine rings is 1. The molecule has 1 N–H and O–H groups in total. The molecule has 4 heteroatoms. The third kappa shape index (κ3) is 2.65. The number of halogens is 1. The van der Waals surface area contributed by atoms with E-state index in [0.29, 0.717) is 18.1 Å². The van der Waals surface area contributed by atoms with Crippen LogP contribution in [-0.4, -0.2) is 16.6 Å². The number of aromatic nitrogens is 1. The number of aliphatic hydroxyl groups is 1. The Morgan fingerprint density at radius 2 is 1.95 bits per heavy atom. The lowest BCUT2D eigenvalue weighted by Crippen LogP contribution is -2.21. The highest BCUT2D eigenvalue weighted by Gasteiger charge is 2.18. The lowest BCUT2D eigenvalue weighted by molar-refractivity contribution is 0.281. The van der Waals surface area contributed by atoms with Crippen molar-refractivity contribution in [2.24, 2.45) is 0 Å². The first-order valence-corrected chi connectivity index (χ1v) is 6.68. The van der Waals surface area contributed by atoms with Crippen molar-refractivity contribution in [3.63, 3.8) is 0 Å². The molecule has 0 bridgehead atoms. The number of hydrogen-bond donors (Lipinski definition) is 1. The molecule has 0 saturated carbocycles. The zero-order chi connectivity index (χ0) is 14.7. The van der Waals surface area contributed by atoms with Gasteiger partial charge in [0.15, 0.2) is 0 Å². The largest absolute Gasteiger partial charge is 0.392 e. The van der Waals surface area contributed by atoms with Gasteiger partial charge in [-0.15, -0.1) is 0 Å². The van der Waals surface area contributed by atoms with E-state index in [9.17, 15) is 9.50 Å². The molecule has 0 atom stereocenters. The summed E-state index contributed by atoms with van der Waals surface area (Å²) in [6, 6.07) is 8.53. The monoisotopic (exact) mass is 274 g/mol. The lowest BCUT2D eigenvalue weighted by Gasteiger charge is -2.26. The summed E-state index contributed by atoms with van der Waals surface area (Å²) < 4.78 is 14.0. The van der Waals surface area contributed by atoms with Crippen LogP contribution in [0.1, 0.15) is 23.7 Å². The summed E-state index contributed by atoms with van der Waals surface area (Å²) in [6.07, 6.45) is 0. The lowest BCUT2D eigenvalue weighted by atomic mass is 10.1. The summed E-state index contributed by atoms with van der Waals surface area (Å²) in [5.41, 5.74) is 3.03. The van der Waals surface area contributed by atoms with E-state index >= 15 is 0 Å². The summed E-state index contributed by atoms with van der Waals surface area (Å²) in [7, 11) is 0. The molecular formula is C16H19FN2O. The summed E-state index contributed by atoms with van der Waals surface area (Å²) in [5, 5.41) is 9.59. The van der Waals surface area contributed by atoms with Crippen LogP contribution in [0.5, 0.6) is 0 Å². The van der Waals surface area contributed by atoms with Crippen molar-refractivity contribution in [2.45, 2.75) is 27.4 Å². The van der Waals surface area contributed by atoms with Gasteiger partial charge >= 0.3 is 0 Å². The number of rotatable bonds is 4. The Morgan fingerprint density at radius 1 is 1.25 bits per heavy atom. The Hall–Kier alpha value is -1.94. The minimum Gasteiger partial charge on any atom is -0.392 e. The first-order chi connectivity index (χ1) is 9.58. The maximum Gasteiger partial charge on any atom is 0.146 e. The van der Waals surface area contributed by atoms with Crippen molar-refractivity contribution >= 4 is 11.5 Å². The van der Waals surface area contributed by atoms with E-state index in [4.69, 9.17) is 0 Å². The van der Waals surface area contributed by atoms with Gasteiger partial charge in [0.1, 0.15) is 11.6 Å². The van der Waals surface area contributed by atoms with Crippen LogP contribution < -0.4 is 4.90 Å². The maximum atomic E-state index is 14.0. The van der Waals surface area contributed by atoms with E-state index < -0.39 is 0 Å². The van der Waals surface area contributed by atoms with Crippen LogP contribution in [0.15, 0.2) is 30.3 Å². The van der Waals surface area contributed by atoms with Crippen LogP contribution in [0.2, 0.25) is 0 Å². The fraction of sp³-hybridized carbons (Fsp3) is 0.312. The molecule has 0 saturated heterocycles. The topological polar surface area (TPSA) is 36.4 Å².